The first-order valence-corrected chi connectivity index (χ1v) is 5.17. The average molecular weight is 262 g/mol. The highest BCUT2D eigenvalue weighted by Gasteiger charge is 2.13. The largest absolute Gasteiger partial charge is 0.389 e. The fraction of sp³-hybridized carbons (Fsp3) is 0.444. The summed E-state index contributed by atoms with van der Waals surface area (Å²) in [7, 11) is 0. The summed E-state index contributed by atoms with van der Waals surface area (Å²) >= 11 is 8.51. The Hall–Kier alpha value is -0.190. The molecule has 1 rings (SSSR count). The van der Waals surface area contributed by atoms with Gasteiger partial charge in [-0.2, -0.15) is 0 Å². The van der Waals surface area contributed by atoms with Crippen LogP contribution < -0.4 is 0 Å². The number of hydrogen-bond acceptors (Lipinski definition) is 2. The number of pyridine rings is 1. The van der Waals surface area contributed by atoms with Crippen molar-refractivity contribution >= 4 is 28.1 Å². The van der Waals surface area contributed by atoms with Gasteiger partial charge in [0.15, 0.2) is 0 Å². The van der Waals surface area contributed by atoms with Gasteiger partial charge in [-0.05, 0) is 41.9 Å². The lowest BCUT2D eigenvalue weighted by Gasteiger charge is -2.19. The molecular weight excluding hydrogens is 250 g/mol. The minimum atomic E-state index is -0.737. The van der Waals surface area contributed by atoms with Crippen molar-refractivity contribution in [1.29, 1.82) is 0 Å². The van der Waals surface area contributed by atoms with Gasteiger partial charge in [0.25, 0.3) is 0 Å². The van der Waals surface area contributed by atoms with Crippen molar-refractivity contribution in [2.45, 2.75) is 26.0 Å². The molecule has 0 radical (unpaired) electrons. The van der Waals surface area contributed by atoms with Crippen molar-refractivity contribution in [2.75, 3.05) is 0 Å². The first-order valence-electron chi connectivity index (χ1n) is 3.97. The van der Waals surface area contributed by atoms with Gasteiger partial charge >= 0.3 is 0 Å². The highest BCUT2D eigenvalue weighted by molar-refractivity contribution is 9.10. The van der Waals surface area contributed by atoms with Crippen molar-refractivity contribution in [2.24, 2.45) is 0 Å². The number of aromatic nitrogens is 1. The maximum absolute atomic E-state index is 9.60. The Balaban J connectivity index is 3.03. The number of halogens is 1. The Morgan fingerprint density at radius 3 is 2.77 bits per heavy atom. The van der Waals surface area contributed by atoms with E-state index in [-0.39, 0.29) is 0 Å². The van der Waals surface area contributed by atoms with E-state index in [2.05, 4.69) is 15.9 Å². The molecule has 0 atom stereocenters. The molecule has 72 valence electrons. The molecule has 1 heterocycles. The van der Waals surface area contributed by atoms with Crippen molar-refractivity contribution in [1.82, 2.24) is 4.57 Å². The van der Waals surface area contributed by atoms with Gasteiger partial charge in [-0.15, -0.1) is 0 Å². The van der Waals surface area contributed by atoms with Crippen LogP contribution in [0.25, 0.3) is 0 Å². The van der Waals surface area contributed by atoms with Gasteiger partial charge in [-0.25, -0.2) is 0 Å². The normalized spacial score (nSPS) is 11.7. The van der Waals surface area contributed by atoms with Gasteiger partial charge in [0, 0.05) is 6.20 Å². The summed E-state index contributed by atoms with van der Waals surface area (Å²) < 4.78 is 3.44. The molecule has 0 saturated heterocycles. The summed E-state index contributed by atoms with van der Waals surface area (Å²) in [6.07, 6.45) is 1.87. The topological polar surface area (TPSA) is 25.2 Å². The van der Waals surface area contributed by atoms with E-state index in [0.717, 1.165) is 4.47 Å². The van der Waals surface area contributed by atoms with E-state index >= 15 is 0 Å². The summed E-state index contributed by atoms with van der Waals surface area (Å²) in [5, 5.41) is 9.60. The molecule has 0 aliphatic rings. The second-order valence-electron chi connectivity index (χ2n) is 3.60. The molecule has 1 N–H and O–H groups in total. The third kappa shape index (κ3) is 3.21. The highest BCUT2D eigenvalue weighted by atomic mass is 79.9. The molecule has 13 heavy (non-hydrogen) atoms. The monoisotopic (exact) mass is 261 g/mol. The summed E-state index contributed by atoms with van der Waals surface area (Å²) in [6.45, 7) is 4.02. The van der Waals surface area contributed by atoms with E-state index in [1.807, 2.05) is 22.9 Å². The SMILES string of the molecule is CC(C)(O)Cn1cccc(Br)c1=S. The highest BCUT2D eigenvalue weighted by Crippen LogP contribution is 2.13. The lowest BCUT2D eigenvalue weighted by Crippen LogP contribution is -2.26. The van der Waals surface area contributed by atoms with Crippen molar-refractivity contribution in [3.8, 4) is 0 Å². The summed E-state index contributed by atoms with van der Waals surface area (Å²) in [4.78, 5) is 0. The Kier molecular flexibility index (Phi) is 3.27. The first-order chi connectivity index (χ1) is 5.90. The molecule has 0 amide bonds. The van der Waals surface area contributed by atoms with E-state index in [0.29, 0.717) is 11.2 Å². The average Bonchev–Trinajstić information content (AvgIpc) is 1.96. The number of nitrogens with zero attached hydrogens (tertiary/aromatic N) is 1. The number of rotatable bonds is 2. The van der Waals surface area contributed by atoms with E-state index in [4.69, 9.17) is 12.2 Å². The van der Waals surface area contributed by atoms with Gasteiger partial charge in [0.1, 0.15) is 4.64 Å². The van der Waals surface area contributed by atoms with Crippen LogP contribution in [0.15, 0.2) is 22.8 Å². The molecule has 0 spiro atoms. The van der Waals surface area contributed by atoms with Gasteiger partial charge < -0.3 is 9.67 Å². The fourth-order valence-corrected chi connectivity index (χ4v) is 1.62. The molecule has 1 aromatic rings. The summed E-state index contributed by atoms with van der Waals surface area (Å²) in [5.74, 6) is 0. The zero-order valence-corrected chi connectivity index (χ0v) is 10.0. The third-order valence-corrected chi connectivity index (χ3v) is 2.89. The second-order valence-corrected chi connectivity index (χ2v) is 4.84. The van der Waals surface area contributed by atoms with E-state index in [1.165, 1.54) is 0 Å². The van der Waals surface area contributed by atoms with Gasteiger partial charge in [0.05, 0.1) is 16.6 Å². The first kappa shape index (κ1) is 10.9. The molecule has 4 heteroatoms. The van der Waals surface area contributed by atoms with Crippen LogP contribution in [-0.4, -0.2) is 15.3 Å². The molecule has 0 fully saturated rings. The molecular formula is C9H12BrNOS. The summed E-state index contributed by atoms with van der Waals surface area (Å²) in [5.41, 5.74) is -0.737. The standard InChI is InChI=1S/C9H12BrNOS/c1-9(2,12)6-11-5-3-4-7(10)8(11)13/h3-5,12H,6H2,1-2H3. The molecule has 0 aromatic carbocycles. The minimum absolute atomic E-state index is 0.505. The Labute approximate surface area is 91.3 Å². The molecule has 0 aliphatic heterocycles. The predicted octanol–water partition coefficient (Wildman–Crippen LogP) is 2.75. The predicted molar refractivity (Wildman–Crippen MR) is 59.3 cm³/mol. The maximum atomic E-state index is 9.60. The van der Waals surface area contributed by atoms with E-state index < -0.39 is 5.60 Å². The molecule has 1 aromatic heterocycles. The quantitative estimate of drug-likeness (QED) is 0.829. The minimum Gasteiger partial charge on any atom is -0.389 e. The Morgan fingerprint density at radius 2 is 2.23 bits per heavy atom. The van der Waals surface area contributed by atoms with Crippen molar-refractivity contribution in [3.05, 3.63) is 27.4 Å². The van der Waals surface area contributed by atoms with Crippen LogP contribution in [0.5, 0.6) is 0 Å². The van der Waals surface area contributed by atoms with Crippen LogP contribution in [0.4, 0.5) is 0 Å². The molecule has 0 aliphatic carbocycles. The maximum Gasteiger partial charge on any atom is 0.120 e. The smallest absolute Gasteiger partial charge is 0.120 e. The third-order valence-electron chi connectivity index (χ3n) is 1.53. The second kappa shape index (κ2) is 3.90. The van der Waals surface area contributed by atoms with Crippen molar-refractivity contribution < 1.29 is 5.11 Å². The summed E-state index contributed by atoms with van der Waals surface area (Å²) in [6, 6.07) is 3.79. The molecule has 0 saturated carbocycles. The Bertz CT molecular complexity index is 353. The van der Waals surface area contributed by atoms with E-state index in [9.17, 15) is 5.11 Å². The zero-order valence-electron chi connectivity index (χ0n) is 7.62. The number of aliphatic hydroxyl groups is 1. The van der Waals surface area contributed by atoms with Crippen molar-refractivity contribution in [3.63, 3.8) is 0 Å². The zero-order chi connectivity index (χ0) is 10.1. The van der Waals surface area contributed by atoms with Crippen LogP contribution in [0, 0.1) is 4.64 Å². The van der Waals surface area contributed by atoms with Gasteiger partial charge in [-0.1, -0.05) is 12.2 Å². The molecule has 2 nitrogen and oxygen atoms in total. The molecule has 0 bridgehead atoms. The van der Waals surface area contributed by atoms with Crippen LogP contribution >= 0.6 is 28.1 Å². The van der Waals surface area contributed by atoms with Crippen LogP contribution in [0.2, 0.25) is 0 Å². The van der Waals surface area contributed by atoms with Crippen LogP contribution in [-0.2, 0) is 6.54 Å². The van der Waals surface area contributed by atoms with Crippen LogP contribution in [0.3, 0.4) is 0 Å². The van der Waals surface area contributed by atoms with Crippen LogP contribution in [0.1, 0.15) is 13.8 Å². The Morgan fingerprint density at radius 1 is 1.62 bits per heavy atom. The number of hydrogen-bond donors (Lipinski definition) is 1. The lowest BCUT2D eigenvalue weighted by molar-refractivity contribution is 0.0609. The van der Waals surface area contributed by atoms with Gasteiger partial charge in [-0.3, -0.25) is 0 Å². The molecule has 0 unspecified atom stereocenters. The lowest BCUT2D eigenvalue weighted by atomic mass is 10.1. The van der Waals surface area contributed by atoms with Gasteiger partial charge in [0.2, 0.25) is 0 Å². The van der Waals surface area contributed by atoms with E-state index in [1.54, 1.807) is 13.8 Å². The fourth-order valence-electron chi connectivity index (χ4n) is 1.05.